The maximum Gasteiger partial charge on any atom is 0.269 e. The number of amides is 1. The van der Waals surface area contributed by atoms with Crippen molar-refractivity contribution in [2.45, 2.75) is 5.50 Å². The molecule has 1 aliphatic heterocycles. The highest BCUT2D eigenvalue weighted by Crippen LogP contribution is 2.20. The number of hydrazone groups is 1. The van der Waals surface area contributed by atoms with Crippen molar-refractivity contribution >= 4 is 30.6 Å². The Bertz CT molecular complexity index is 517. The summed E-state index contributed by atoms with van der Waals surface area (Å²) >= 11 is 4.10. The van der Waals surface area contributed by atoms with Crippen molar-refractivity contribution in [1.29, 1.82) is 0 Å². The molecule has 0 saturated carbocycles. The minimum absolute atomic E-state index is 0.0319. The highest BCUT2D eigenvalue weighted by atomic mass is 32.1. The third kappa shape index (κ3) is 2.00. The van der Waals surface area contributed by atoms with Crippen molar-refractivity contribution in [3.8, 4) is 0 Å². The molecular formula is C9H9N5O3S. The van der Waals surface area contributed by atoms with Crippen molar-refractivity contribution in [1.82, 2.24) is 10.0 Å². The number of nitrogens with zero attached hydrogens (tertiary/aromatic N) is 4. The van der Waals surface area contributed by atoms with Crippen LogP contribution in [-0.4, -0.2) is 32.7 Å². The SMILES string of the molecule is NN1C(c2ccc([N+](=O)[O-])cc2)=NN(C=O)C1S. The van der Waals surface area contributed by atoms with E-state index in [4.69, 9.17) is 5.84 Å². The number of amidine groups is 1. The fourth-order valence-corrected chi connectivity index (χ4v) is 1.68. The molecule has 1 heterocycles. The van der Waals surface area contributed by atoms with Gasteiger partial charge in [0.05, 0.1) is 4.92 Å². The van der Waals surface area contributed by atoms with Crippen LogP contribution in [0.15, 0.2) is 29.4 Å². The monoisotopic (exact) mass is 267 g/mol. The third-order valence-electron chi connectivity index (χ3n) is 2.38. The molecule has 0 fully saturated rings. The second-order valence-corrected chi connectivity index (χ2v) is 3.93. The summed E-state index contributed by atoms with van der Waals surface area (Å²) in [6.45, 7) is 0. The molecule has 0 spiro atoms. The van der Waals surface area contributed by atoms with Crippen molar-refractivity contribution in [2.75, 3.05) is 0 Å². The maximum atomic E-state index is 10.7. The average Bonchev–Trinajstić information content (AvgIpc) is 2.66. The van der Waals surface area contributed by atoms with Crippen LogP contribution in [0.3, 0.4) is 0 Å². The lowest BCUT2D eigenvalue weighted by molar-refractivity contribution is -0.384. The van der Waals surface area contributed by atoms with Gasteiger partial charge in [-0.3, -0.25) is 19.9 Å². The Labute approximate surface area is 107 Å². The van der Waals surface area contributed by atoms with E-state index < -0.39 is 10.4 Å². The highest BCUT2D eigenvalue weighted by Gasteiger charge is 2.30. The lowest BCUT2D eigenvalue weighted by atomic mass is 10.2. The van der Waals surface area contributed by atoms with Gasteiger partial charge in [-0.05, 0) is 12.1 Å². The fourth-order valence-electron chi connectivity index (χ4n) is 1.47. The molecule has 0 aromatic heterocycles. The minimum Gasteiger partial charge on any atom is -0.277 e. The van der Waals surface area contributed by atoms with E-state index in [1.54, 1.807) is 0 Å². The van der Waals surface area contributed by atoms with E-state index in [-0.39, 0.29) is 5.69 Å². The summed E-state index contributed by atoms with van der Waals surface area (Å²) in [7, 11) is 0. The number of benzene rings is 1. The average molecular weight is 267 g/mol. The predicted molar refractivity (Wildman–Crippen MR) is 66.3 cm³/mol. The largest absolute Gasteiger partial charge is 0.277 e. The van der Waals surface area contributed by atoms with Crippen molar-refractivity contribution in [3.63, 3.8) is 0 Å². The number of carbonyl (C=O) groups is 1. The molecule has 0 bridgehead atoms. The quantitative estimate of drug-likeness (QED) is 0.266. The lowest BCUT2D eigenvalue weighted by Crippen LogP contribution is -2.43. The number of non-ortho nitro benzene ring substituents is 1. The van der Waals surface area contributed by atoms with Gasteiger partial charge in [0.1, 0.15) is 0 Å². The van der Waals surface area contributed by atoms with Crippen molar-refractivity contribution < 1.29 is 9.72 Å². The van der Waals surface area contributed by atoms with Crippen LogP contribution in [0, 0.1) is 10.1 Å². The number of nitro benzene ring substituents is 1. The number of nitro groups is 1. The van der Waals surface area contributed by atoms with Gasteiger partial charge in [-0.1, -0.05) is 0 Å². The van der Waals surface area contributed by atoms with Gasteiger partial charge >= 0.3 is 0 Å². The summed E-state index contributed by atoms with van der Waals surface area (Å²) in [5.74, 6) is 6.03. The second kappa shape index (κ2) is 4.63. The van der Waals surface area contributed by atoms with E-state index in [0.29, 0.717) is 17.8 Å². The zero-order valence-electron chi connectivity index (χ0n) is 9.00. The number of hydrogen-bond acceptors (Lipinski definition) is 7. The first-order chi connectivity index (χ1) is 8.54. The Morgan fingerprint density at radius 2 is 2.06 bits per heavy atom. The van der Waals surface area contributed by atoms with Gasteiger partial charge in [0.25, 0.3) is 5.69 Å². The molecule has 1 atom stereocenters. The molecule has 2 rings (SSSR count). The molecule has 18 heavy (non-hydrogen) atoms. The minimum atomic E-state index is -0.687. The Morgan fingerprint density at radius 3 is 2.50 bits per heavy atom. The zero-order chi connectivity index (χ0) is 13.3. The fraction of sp³-hybridized carbons (Fsp3) is 0.111. The van der Waals surface area contributed by atoms with Crippen LogP contribution >= 0.6 is 12.6 Å². The number of nitrogens with two attached hydrogens (primary N) is 1. The van der Waals surface area contributed by atoms with E-state index >= 15 is 0 Å². The summed E-state index contributed by atoms with van der Waals surface area (Å²) in [6.07, 6.45) is 0.496. The first-order valence-corrected chi connectivity index (χ1v) is 5.35. The van der Waals surface area contributed by atoms with Gasteiger partial charge < -0.3 is 0 Å². The maximum absolute atomic E-state index is 10.7. The molecule has 1 amide bonds. The van der Waals surface area contributed by atoms with Crippen LogP contribution in [0.2, 0.25) is 0 Å². The van der Waals surface area contributed by atoms with E-state index in [1.807, 2.05) is 0 Å². The highest BCUT2D eigenvalue weighted by molar-refractivity contribution is 7.80. The van der Waals surface area contributed by atoms with Crippen molar-refractivity contribution in [2.24, 2.45) is 10.9 Å². The lowest BCUT2D eigenvalue weighted by Gasteiger charge is -2.19. The van der Waals surface area contributed by atoms with Gasteiger partial charge in [0.2, 0.25) is 6.41 Å². The molecule has 1 unspecified atom stereocenters. The van der Waals surface area contributed by atoms with Crippen LogP contribution < -0.4 is 5.84 Å². The number of thiol groups is 1. The number of hydrogen-bond donors (Lipinski definition) is 2. The molecule has 94 valence electrons. The molecule has 1 aromatic carbocycles. The van der Waals surface area contributed by atoms with Crippen LogP contribution in [0.4, 0.5) is 5.69 Å². The van der Waals surface area contributed by atoms with Gasteiger partial charge in [-0.15, -0.1) is 17.7 Å². The summed E-state index contributed by atoms with van der Waals surface area (Å²) in [5.41, 5.74) is -0.158. The molecule has 8 nitrogen and oxygen atoms in total. The van der Waals surface area contributed by atoms with Gasteiger partial charge in [0.15, 0.2) is 11.3 Å². The van der Waals surface area contributed by atoms with E-state index in [1.165, 1.54) is 29.3 Å². The molecular weight excluding hydrogens is 258 g/mol. The van der Waals surface area contributed by atoms with E-state index in [9.17, 15) is 14.9 Å². The Hall–Kier alpha value is -2.13. The Morgan fingerprint density at radius 1 is 1.44 bits per heavy atom. The number of rotatable bonds is 3. The normalized spacial score (nSPS) is 18.8. The molecule has 0 saturated heterocycles. The second-order valence-electron chi connectivity index (χ2n) is 3.47. The third-order valence-corrected chi connectivity index (χ3v) is 2.87. The topological polar surface area (TPSA) is 105 Å². The Kier molecular flexibility index (Phi) is 3.17. The molecule has 1 aromatic rings. The summed E-state index contributed by atoms with van der Waals surface area (Å²) in [4.78, 5) is 20.7. The molecule has 2 N–H and O–H groups in total. The standard InChI is InChI=1S/C9H9N5O3S/c10-13-8(11-12(5-15)9(13)18)6-1-3-7(4-2-6)14(16)17/h1-5,9,18H,10H2. The first kappa shape index (κ1) is 12.3. The smallest absolute Gasteiger partial charge is 0.269 e. The molecule has 0 radical (unpaired) electrons. The van der Waals surface area contributed by atoms with Crippen molar-refractivity contribution in [3.05, 3.63) is 39.9 Å². The van der Waals surface area contributed by atoms with Gasteiger partial charge in [0, 0.05) is 17.7 Å². The molecule has 9 heteroatoms. The summed E-state index contributed by atoms with van der Waals surface area (Å²) in [5, 5.41) is 16.7. The van der Waals surface area contributed by atoms with Crippen LogP contribution in [0.25, 0.3) is 0 Å². The Balaban J connectivity index is 2.32. The van der Waals surface area contributed by atoms with E-state index in [2.05, 4.69) is 17.7 Å². The number of carbonyl (C=O) groups excluding carboxylic acids is 1. The van der Waals surface area contributed by atoms with Gasteiger partial charge in [-0.2, -0.15) is 5.01 Å². The summed E-state index contributed by atoms with van der Waals surface area (Å²) in [6, 6.07) is 5.68. The van der Waals surface area contributed by atoms with Crippen LogP contribution in [0.1, 0.15) is 5.56 Å². The van der Waals surface area contributed by atoms with E-state index in [0.717, 1.165) is 5.01 Å². The molecule has 1 aliphatic rings. The summed E-state index contributed by atoms with van der Waals surface area (Å²) < 4.78 is 0. The first-order valence-electron chi connectivity index (χ1n) is 4.83. The van der Waals surface area contributed by atoms with Crippen LogP contribution in [-0.2, 0) is 4.79 Å². The predicted octanol–water partition coefficient (Wildman–Crippen LogP) is 0.118. The van der Waals surface area contributed by atoms with Gasteiger partial charge in [-0.25, -0.2) is 5.84 Å². The van der Waals surface area contributed by atoms with Crippen LogP contribution in [0.5, 0.6) is 0 Å². The zero-order valence-corrected chi connectivity index (χ0v) is 9.90. The molecule has 0 aliphatic carbocycles. The number of hydrazine groups is 1.